The van der Waals surface area contributed by atoms with Gasteiger partial charge in [0.1, 0.15) is 5.03 Å². The summed E-state index contributed by atoms with van der Waals surface area (Å²) in [6.45, 7) is 1.17. The van der Waals surface area contributed by atoms with E-state index in [1.165, 1.54) is 25.8 Å². The number of piperidine rings is 1. The quantitative estimate of drug-likeness (QED) is 0.508. The Balaban J connectivity index is 1.83. The zero-order valence-electron chi connectivity index (χ0n) is 9.48. The Morgan fingerprint density at radius 1 is 1.50 bits per heavy atom. The van der Waals surface area contributed by atoms with Gasteiger partial charge < -0.3 is 5.32 Å². The first kappa shape index (κ1) is 12.2. The van der Waals surface area contributed by atoms with Gasteiger partial charge in [0.25, 0.3) is 0 Å². The van der Waals surface area contributed by atoms with Crippen molar-refractivity contribution in [3.63, 3.8) is 0 Å². The Hall–Kier alpha value is -0.260. The lowest BCUT2D eigenvalue weighted by molar-refractivity contribution is 0.430. The first-order valence-corrected chi connectivity index (χ1v) is 7.83. The maximum absolute atomic E-state index is 4.46. The average Bonchev–Trinajstić information content (AvgIpc) is 2.38. The van der Waals surface area contributed by atoms with Crippen LogP contribution in [0.25, 0.3) is 0 Å². The number of nitrogens with one attached hydrogen (secondary N) is 1. The van der Waals surface area contributed by atoms with Crippen molar-refractivity contribution in [2.45, 2.75) is 35.5 Å². The van der Waals surface area contributed by atoms with E-state index < -0.39 is 0 Å². The lowest BCUT2D eigenvalue weighted by Crippen LogP contribution is -2.35. The molecule has 0 aromatic carbocycles. The van der Waals surface area contributed by atoms with Crippen molar-refractivity contribution in [1.82, 2.24) is 15.3 Å². The number of nitrogens with zero attached hydrogens (tertiary/aromatic N) is 2. The van der Waals surface area contributed by atoms with E-state index in [1.54, 1.807) is 11.8 Å². The minimum Gasteiger partial charge on any atom is -0.313 e. The highest BCUT2D eigenvalue weighted by molar-refractivity contribution is 7.99. The lowest BCUT2D eigenvalue weighted by atomic mass is 10.1. The molecule has 1 aromatic rings. The van der Waals surface area contributed by atoms with E-state index in [4.69, 9.17) is 0 Å². The van der Waals surface area contributed by atoms with Crippen LogP contribution in [0.15, 0.2) is 22.4 Å². The van der Waals surface area contributed by atoms with Crippen LogP contribution in [0.3, 0.4) is 0 Å². The molecule has 0 bridgehead atoms. The van der Waals surface area contributed by atoms with Crippen LogP contribution < -0.4 is 5.32 Å². The number of aromatic nitrogens is 2. The van der Waals surface area contributed by atoms with Gasteiger partial charge in [0.05, 0.1) is 0 Å². The van der Waals surface area contributed by atoms with Gasteiger partial charge in [-0.05, 0) is 31.7 Å². The number of hydrogen-bond donors (Lipinski definition) is 1. The van der Waals surface area contributed by atoms with Crippen molar-refractivity contribution >= 4 is 23.5 Å². The van der Waals surface area contributed by atoms with Crippen molar-refractivity contribution in [3.05, 3.63) is 12.3 Å². The predicted octanol–water partition coefficient (Wildman–Crippen LogP) is 2.43. The molecule has 5 heteroatoms. The molecule has 1 N–H and O–H groups in total. The third kappa shape index (κ3) is 3.64. The van der Waals surface area contributed by atoms with Crippen LogP contribution in [0, 0.1) is 0 Å². The van der Waals surface area contributed by atoms with Crippen molar-refractivity contribution in [3.8, 4) is 0 Å². The molecule has 1 aliphatic heterocycles. The fraction of sp³-hybridized carbons (Fsp3) is 0.636. The van der Waals surface area contributed by atoms with E-state index in [2.05, 4.69) is 15.3 Å². The second kappa shape index (κ2) is 6.47. The molecule has 1 saturated heterocycles. The molecule has 0 saturated carbocycles. The van der Waals surface area contributed by atoms with Gasteiger partial charge in [-0.25, -0.2) is 9.97 Å². The van der Waals surface area contributed by atoms with E-state index in [9.17, 15) is 0 Å². The largest absolute Gasteiger partial charge is 0.313 e. The van der Waals surface area contributed by atoms with Gasteiger partial charge in [-0.3, -0.25) is 0 Å². The standard InChI is InChI=1S/C11H17N3S2/c1-15-11-13-7-5-10(14-11)16-8-9-4-2-3-6-12-9/h5,7,9,12H,2-4,6,8H2,1H3. The summed E-state index contributed by atoms with van der Waals surface area (Å²) in [5.41, 5.74) is 0. The minimum absolute atomic E-state index is 0.659. The van der Waals surface area contributed by atoms with Gasteiger partial charge >= 0.3 is 0 Å². The summed E-state index contributed by atoms with van der Waals surface area (Å²) in [6, 6.07) is 2.65. The lowest BCUT2D eigenvalue weighted by Gasteiger charge is -2.22. The summed E-state index contributed by atoms with van der Waals surface area (Å²) < 4.78 is 0. The van der Waals surface area contributed by atoms with Crippen molar-refractivity contribution in [2.24, 2.45) is 0 Å². The molecule has 0 spiro atoms. The molecule has 88 valence electrons. The molecule has 1 aliphatic rings. The molecular weight excluding hydrogens is 238 g/mol. The van der Waals surface area contributed by atoms with Crippen LogP contribution in [0.1, 0.15) is 19.3 Å². The molecular formula is C11H17N3S2. The van der Waals surface area contributed by atoms with E-state index >= 15 is 0 Å². The monoisotopic (exact) mass is 255 g/mol. The first-order valence-electron chi connectivity index (χ1n) is 5.61. The van der Waals surface area contributed by atoms with E-state index in [0.717, 1.165) is 15.9 Å². The van der Waals surface area contributed by atoms with Crippen LogP contribution in [0.2, 0.25) is 0 Å². The third-order valence-corrected chi connectivity index (χ3v) is 4.29. The van der Waals surface area contributed by atoms with E-state index in [1.807, 2.05) is 30.3 Å². The summed E-state index contributed by atoms with van der Waals surface area (Å²) in [5.74, 6) is 1.12. The summed E-state index contributed by atoms with van der Waals surface area (Å²) in [5, 5.41) is 5.50. The Bertz CT molecular complexity index is 327. The van der Waals surface area contributed by atoms with Crippen LogP contribution >= 0.6 is 23.5 Å². The van der Waals surface area contributed by atoms with Crippen molar-refractivity contribution in [1.29, 1.82) is 0 Å². The van der Waals surface area contributed by atoms with Crippen LogP contribution in [0.5, 0.6) is 0 Å². The van der Waals surface area contributed by atoms with Crippen LogP contribution in [0.4, 0.5) is 0 Å². The zero-order valence-corrected chi connectivity index (χ0v) is 11.1. The van der Waals surface area contributed by atoms with Gasteiger partial charge in [0, 0.05) is 18.0 Å². The maximum atomic E-state index is 4.46. The Morgan fingerprint density at radius 3 is 3.19 bits per heavy atom. The van der Waals surface area contributed by atoms with E-state index in [0.29, 0.717) is 6.04 Å². The molecule has 3 nitrogen and oxygen atoms in total. The fourth-order valence-corrected chi connectivity index (χ4v) is 3.13. The molecule has 1 unspecified atom stereocenters. The molecule has 0 radical (unpaired) electrons. The summed E-state index contributed by atoms with van der Waals surface area (Å²) >= 11 is 3.42. The molecule has 2 heterocycles. The summed E-state index contributed by atoms with van der Waals surface area (Å²) in [4.78, 5) is 8.64. The highest BCUT2D eigenvalue weighted by atomic mass is 32.2. The zero-order chi connectivity index (χ0) is 11.2. The molecule has 1 aromatic heterocycles. The first-order chi connectivity index (χ1) is 7.88. The van der Waals surface area contributed by atoms with Crippen molar-refractivity contribution < 1.29 is 0 Å². The van der Waals surface area contributed by atoms with Gasteiger partial charge in [-0.2, -0.15) is 0 Å². The third-order valence-electron chi connectivity index (χ3n) is 2.64. The van der Waals surface area contributed by atoms with Gasteiger partial charge in [0.15, 0.2) is 5.16 Å². The summed E-state index contributed by atoms with van der Waals surface area (Å²) in [6.07, 6.45) is 7.83. The molecule has 1 atom stereocenters. The number of rotatable bonds is 4. The fourth-order valence-electron chi connectivity index (χ4n) is 1.76. The molecule has 16 heavy (non-hydrogen) atoms. The normalized spacial score (nSPS) is 20.9. The summed E-state index contributed by atoms with van der Waals surface area (Å²) in [7, 11) is 0. The Labute approximate surface area is 105 Å². The predicted molar refractivity (Wildman–Crippen MR) is 70.2 cm³/mol. The average molecular weight is 255 g/mol. The molecule has 0 aliphatic carbocycles. The van der Waals surface area contributed by atoms with Crippen LogP contribution in [-0.4, -0.2) is 34.6 Å². The van der Waals surface area contributed by atoms with E-state index in [-0.39, 0.29) is 0 Å². The van der Waals surface area contributed by atoms with Gasteiger partial charge in [-0.15, -0.1) is 11.8 Å². The smallest absolute Gasteiger partial charge is 0.188 e. The maximum Gasteiger partial charge on any atom is 0.188 e. The number of hydrogen-bond acceptors (Lipinski definition) is 5. The highest BCUT2D eigenvalue weighted by Gasteiger charge is 2.12. The van der Waals surface area contributed by atoms with Crippen molar-refractivity contribution in [2.75, 3.05) is 18.6 Å². The molecule has 1 fully saturated rings. The van der Waals surface area contributed by atoms with Gasteiger partial charge in [-0.1, -0.05) is 18.2 Å². The topological polar surface area (TPSA) is 37.8 Å². The highest BCUT2D eigenvalue weighted by Crippen LogP contribution is 2.20. The Kier molecular flexibility index (Phi) is 4.93. The molecule has 2 rings (SSSR count). The second-order valence-corrected chi connectivity index (χ2v) is 5.65. The second-order valence-electron chi connectivity index (χ2n) is 3.84. The Morgan fingerprint density at radius 2 is 2.44 bits per heavy atom. The molecule has 0 amide bonds. The SMILES string of the molecule is CSc1nccc(SCC2CCCCN2)n1. The minimum atomic E-state index is 0.659. The number of thioether (sulfide) groups is 2. The van der Waals surface area contributed by atoms with Gasteiger partial charge in [0.2, 0.25) is 0 Å². The van der Waals surface area contributed by atoms with Crippen LogP contribution in [-0.2, 0) is 0 Å².